The van der Waals surface area contributed by atoms with Gasteiger partial charge in [0.25, 0.3) is 0 Å². The molecular weight excluding hydrogens is 150 g/mol. The molecule has 0 saturated heterocycles. The third-order valence-corrected chi connectivity index (χ3v) is 1.55. The van der Waals surface area contributed by atoms with Gasteiger partial charge < -0.3 is 5.11 Å². The second-order valence-electron chi connectivity index (χ2n) is 2.67. The summed E-state index contributed by atoms with van der Waals surface area (Å²) >= 11 is 0. The van der Waals surface area contributed by atoms with Crippen LogP contribution in [0, 0.1) is 6.92 Å². The first kappa shape index (κ1) is 8.94. The van der Waals surface area contributed by atoms with E-state index in [-0.39, 0.29) is 6.61 Å². The van der Waals surface area contributed by atoms with Gasteiger partial charge in [0.1, 0.15) is 0 Å². The van der Waals surface area contributed by atoms with Crippen LogP contribution < -0.4 is 0 Å². The van der Waals surface area contributed by atoms with Crippen molar-refractivity contribution in [2.24, 2.45) is 4.99 Å². The standard InChI is InChI=1S/C10H13NO/c1-9-2-4-10(5-3-9)8-11-6-7-12/h2-5,8,12H,6-7H2,1H3/b11-8+. The van der Waals surface area contributed by atoms with Crippen molar-refractivity contribution in [3.8, 4) is 0 Å². The van der Waals surface area contributed by atoms with E-state index in [0.717, 1.165) is 5.56 Å². The lowest BCUT2D eigenvalue weighted by Gasteiger charge is -1.93. The van der Waals surface area contributed by atoms with Gasteiger partial charge in [-0.05, 0) is 12.5 Å². The van der Waals surface area contributed by atoms with E-state index in [4.69, 9.17) is 5.11 Å². The average molecular weight is 163 g/mol. The number of benzene rings is 1. The van der Waals surface area contributed by atoms with Crippen LogP contribution in [-0.2, 0) is 0 Å². The molecule has 1 rings (SSSR count). The van der Waals surface area contributed by atoms with Crippen LogP contribution >= 0.6 is 0 Å². The van der Waals surface area contributed by atoms with Crippen molar-refractivity contribution < 1.29 is 5.11 Å². The van der Waals surface area contributed by atoms with Gasteiger partial charge in [0, 0.05) is 6.21 Å². The lowest BCUT2D eigenvalue weighted by molar-refractivity contribution is 0.307. The molecule has 1 N–H and O–H groups in total. The Hall–Kier alpha value is -1.15. The minimum Gasteiger partial charge on any atom is -0.394 e. The quantitative estimate of drug-likeness (QED) is 0.671. The topological polar surface area (TPSA) is 32.6 Å². The zero-order chi connectivity index (χ0) is 8.81. The zero-order valence-corrected chi connectivity index (χ0v) is 7.20. The number of aliphatic imine (C=N–C) groups is 1. The Morgan fingerprint density at radius 2 is 2.00 bits per heavy atom. The molecule has 1 aromatic carbocycles. The zero-order valence-electron chi connectivity index (χ0n) is 7.20. The van der Waals surface area contributed by atoms with Gasteiger partial charge in [-0.25, -0.2) is 0 Å². The van der Waals surface area contributed by atoms with E-state index in [1.807, 2.05) is 24.3 Å². The molecule has 0 radical (unpaired) electrons. The third kappa shape index (κ3) is 2.84. The first-order valence-corrected chi connectivity index (χ1v) is 4.00. The maximum absolute atomic E-state index is 8.47. The summed E-state index contributed by atoms with van der Waals surface area (Å²) in [6.45, 7) is 2.64. The van der Waals surface area contributed by atoms with Crippen LogP contribution in [0.15, 0.2) is 29.3 Å². The van der Waals surface area contributed by atoms with Crippen LogP contribution in [0.25, 0.3) is 0 Å². The van der Waals surface area contributed by atoms with Crippen LogP contribution in [-0.4, -0.2) is 24.5 Å². The summed E-state index contributed by atoms with van der Waals surface area (Å²) in [6.07, 6.45) is 1.77. The normalized spacial score (nSPS) is 10.8. The molecule has 0 aliphatic carbocycles. The molecule has 0 aliphatic heterocycles. The van der Waals surface area contributed by atoms with Gasteiger partial charge in [0.05, 0.1) is 13.2 Å². The predicted molar refractivity (Wildman–Crippen MR) is 50.7 cm³/mol. The van der Waals surface area contributed by atoms with E-state index >= 15 is 0 Å². The fourth-order valence-electron chi connectivity index (χ4n) is 0.880. The molecule has 0 atom stereocenters. The van der Waals surface area contributed by atoms with Crippen molar-refractivity contribution in [2.45, 2.75) is 6.92 Å². The molecule has 2 heteroatoms. The Labute approximate surface area is 72.6 Å². The smallest absolute Gasteiger partial charge is 0.0626 e. The Morgan fingerprint density at radius 3 is 2.58 bits per heavy atom. The highest BCUT2D eigenvalue weighted by Gasteiger charge is 1.85. The lowest BCUT2D eigenvalue weighted by Crippen LogP contribution is -1.88. The van der Waals surface area contributed by atoms with E-state index in [1.165, 1.54) is 5.56 Å². The molecule has 0 aliphatic rings. The Kier molecular flexibility index (Phi) is 3.48. The molecule has 0 heterocycles. The van der Waals surface area contributed by atoms with E-state index in [0.29, 0.717) is 6.54 Å². The molecule has 0 amide bonds. The van der Waals surface area contributed by atoms with Crippen molar-refractivity contribution in [2.75, 3.05) is 13.2 Å². The molecule has 0 fully saturated rings. The second kappa shape index (κ2) is 4.67. The summed E-state index contributed by atoms with van der Waals surface area (Å²) in [4.78, 5) is 4.01. The van der Waals surface area contributed by atoms with Gasteiger partial charge in [-0.3, -0.25) is 4.99 Å². The maximum Gasteiger partial charge on any atom is 0.0626 e. The SMILES string of the molecule is Cc1ccc(/C=N/CCO)cc1. The first-order valence-electron chi connectivity index (χ1n) is 4.00. The summed E-state index contributed by atoms with van der Waals surface area (Å²) in [5.41, 5.74) is 2.32. The number of rotatable bonds is 3. The summed E-state index contributed by atoms with van der Waals surface area (Å²) < 4.78 is 0. The van der Waals surface area contributed by atoms with Gasteiger partial charge >= 0.3 is 0 Å². The predicted octanol–water partition coefficient (Wildman–Crippen LogP) is 1.41. The molecule has 1 aromatic rings. The van der Waals surface area contributed by atoms with Gasteiger partial charge in [0.15, 0.2) is 0 Å². The molecule has 0 spiro atoms. The summed E-state index contributed by atoms with van der Waals surface area (Å²) in [7, 11) is 0. The third-order valence-electron chi connectivity index (χ3n) is 1.55. The van der Waals surface area contributed by atoms with Gasteiger partial charge in [-0.1, -0.05) is 29.8 Å². The minimum atomic E-state index is 0.113. The summed E-state index contributed by atoms with van der Waals surface area (Å²) in [6, 6.07) is 8.10. The molecule has 0 unspecified atom stereocenters. The minimum absolute atomic E-state index is 0.113. The molecule has 2 nitrogen and oxygen atoms in total. The number of hydrogen-bond acceptors (Lipinski definition) is 2. The van der Waals surface area contributed by atoms with Gasteiger partial charge in [-0.2, -0.15) is 0 Å². The van der Waals surface area contributed by atoms with Crippen molar-refractivity contribution >= 4 is 6.21 Å². The number of hydrogen-bond donors (Lipinski definition) is 1. The highest BCUT2D eigenvalue weighted by molar-refractivity contribution is 5.79. The number of nitrogens with zero attached hydrogens (tertiary/aromatic N) is 1. The summed E-state index contributed by atoms with van der Waals surface area (Å²) in [5.74, 6) is 0. The molecule has 0 aromatic heterocycles. The van der Waals surface area contributed by atoms with Crippen LogP contribution in [0.4, 0.5) is 0 Å². The highest BCUT2D eigenvalue weighted by Crippen LogP contribution is 1.99. The largest absolute Gasteiger partial charge is 0.394 e. The van der Waals surface area contributed by atoms with Crippen molar-refractivity contribution in [1.29, 1.82) is 0 Å². The van der Waals surface area contributed by atoms with Crippen LogP contribution in [0.2, 0.25) is 0 Å². The second-order valence-corrected chi connectivity index (χ2v) is 2.67. The molecule has 0 saturated carbocycles. The Bertz CT molecular complexity index is 251. The molecule has 64 valence electrons. The van der Waals surface area contributed by atoms with E-state index < -0.39 is 0 Å². The van der Waals surface area contributed by atoms with E-state index in [9.17, 15) is 0 Å². The van der Waals surface area contributed by atoms with E-state index in [1.54, 1.807) is 6.21 Å². The maximum atomic E-state index is 8.47. The van der Waals surface area contributed by atoms with Crippen LogP contribution in [0.3, 0.4) is 0 Å². The van der Waals surface area contributed by atoms with E-state index in [2.05, 4.69) is 11.9 Å². The number of aryl methyl sites for hydroxylation is 1. The van der Waals surface area contributed by atoms with Gasteiger partial charge in [-0.15, -0.1) is 0 Å². The highest BCUT2D eigenvalue weighted by atomic mass is 16.3. The first-order chi connectivity index (χ1) is 5.83. The molecule has 12 heavy (non-hydrogen) atoms. The fraction of sp³-hybridized carbons (Fsp3) is 0.300. The van der Waals surface area contributed by atoms with Crippen molar-refractivity contribution in [1.82, 2.24) is 0 Å². The molecule has 0 bridgehead atoms. The van der Waals surface area contributed by atoms with Gasteiger partial charge in [0.2, 0.25) is 0 Å². The van der Waals surface area contributed by atoms with Crippen LogP contribution in [0.1, 0.15) is 11.1 Å². The number of aliphatic hydroxyl groups is 1. The summed E-state index contributed by atoms with van der Waals surface area (Å²) in [5, 5.41) is 8.47. The molecular formula is C10H13NO. The van der Waals surface area contributed by atoms with Crippen molar-refractivity contribution in [3.05, 3.63) is 35.4 Å². The van der Waals surface area contributed by atoms with Crippen molar-refractivity contribution in [3.63, 3.8) is 0 Å². The monoisotopic (exact) mass is 163 g/mol. The lowest BCUT2D eigenvalue weighted by atomic mass is 10.2. The number of aliphatic hydroxyl groups excluding tert-OH is 1. The fourth-order valence-corrected chi connectivity index (χ4v) is 0.880. The Morgan fingerprint density at radius 1 is 1.33 bits per heavy atom. The van der Waals surface area contributed by atoms with Crippen LogP contribution in [0.5, 0.6) is 0 Å². The average Bonchev–Trinajstić information content (AvgIpc) is 2.09. The Balaban J connectivity index is 2.58.